The predicted octanol–water partition coefficient (Wildman–Crippen LogP) is 3.04. The lowest BCUT2D eigenvalue weighted by Crippen LogP contribution is -2.45. The molecule has 1 amide bonds. The predicted molar refractivity (Wildman–Crippen MR) is 63.7 cm³/mol. The Morgan fingerprint density at radius 3 is 2.27 bits per heavy atom. The van der Waals surface area contributed by atoms with Crippen LogP contribution in [0.15, 0.2) is 30.3 Å². The van der Waals surface area contributed by atoms with Crippen molar-refractivity contribution in [3.05, 3.63) is 37.3 Å². The summed E-state index contributed by atoms with van der Waals surface area (Å²) in [6.07, 6.45) is 0.494. The van der Waals surface area contributed by atoms with Crippen molar-refractivity contribution in [3.63, 3.8) is 0 Å². The molecule has 0 saturated heterocycles. The molecule has 1 radical (unpaired) electrons. The fourth-order valence-electron chi connectivity index (χ4n) is 1.57. The van der Waals surface area contributed by atoms with Crippen LogP contribution in [0.4, 0.5) is 5.69 Å². The Hall–Kier alpha value is -1.31. The summed E-state index contributed by atoms with van der Waals surface area (Å²) in [6, 6.07) is 9.66. The first-order valence-electron chi connectivity index (χ1n) is 5.20. The molecule has 0 atom stereocenters. The Morgan fingerprint density at radius 2 is 1.87 bits per heavy atom. The third-order valence-electron chi connectivity index (χ3n) is 2.17. The molecule has 2 nitrogen and oxygen atoms in total. The molecule has 0 aromatic heterocycles. The highest BCUT2D eigenvalue weighted by molar-refractivity contribution is 5.94. The summed E-state index contributed by atoms with van der Waals surface area (Å²) in [7, 11) is 0. The van der Waals surface area contributed by atoms with Crippen LogP contribution in [0.2, 0.25) is 0 Å². The van der Waals surface area contributed by atoms with E-state index >= 15 is 0 Å². The van der Waals surface area contributed by atoms with Gasteiger partial charge in [0.15, 0.2) is 0 Å². The van der Waals surface area contributed by atoms with Crippen LogP contribution in [-0.2, 0) is 4.79 Å². The van der Waals surface area contributed by atoms with Gasteiger partial charge in [0, 0.05) is 17.6 Å². The number of anilines is 1. The van der Waals surface area contributed by atoms with Gasteiger partial charge in [0.05, 0.1) is 0 Å². The van der Waals surface area contributed by atoms with Crippen LogP contribution in [-0.4, -0.2) is 11.4 Å². The number of carbonyl (C=O) groups excluding carboxylic acids is 1. The van der Waals surface area contributed by atoms with Crippen molar-refractivity contribution in [1.29, 1.82) is 0 Å². The maximum atomic E-state index is 11.8. The van der Waals surface area contributed by atoms with E-state index in [4.69, 9.17) is 0 Å². The van der Waals surface area contributed by atoms with Gasteiger partial charge < -0.3 is 4.90 Å². The van der Waals surface area contributed by atoms with Crippen molar-refractivity contribution >= 4 is 11.6 Å². The van der Waals surface area contributed by atoms with Crippen LogP contribution in [0.25, 0.3) is 0 Å². The van der Waals surface area contributed by atoms with E-state index in [1.165, 1.54) is 0 Å². The van der Waals surface area contributed by atoms with Crippen LogP contribution >= 0.6 is 0 Å². The first kappa shape index (κ1) is 11.8. The van der Waals surface area contributed by atoms with Crippen LogP contribution in [0.3, 0.4) is 0 Å². The molecule has 2 heteroatoms. The number of rotatable bonds is 3. The SMILES string of the molecule is [CH2]C(C)(C)N(C(=O)CC)c1ccccc1. The van der Waals surface area contributed by atoms with Crippen molar-refractivity contribution in [2.75, 3.05) is 4.90 Å². The van der Waals surface area contributed by atoms with Gasteiger partial charge in [-0.2, -0.15) is 0 Å². The molecule has 0 saturated carbocycles. The number of carbonyl (C=O) groups is 1. The molecule has 0 N–H and O–H groups in total. The van der Waals surface area contributed by atoms with Crippen LogP contribution < -0.4 is 4.90 Å². The molecule has 81 valence electrons. The number of hydrogen-bond acceptors (Lipinski definition) is 1. The van der Waals surface area contributed by atoms with Crippen LogP contribution in [0.5, 0.6) is 0 Å². The minimum atomic E-state index is -0.422. The third-order valence-corrected chi connectivity index (χ3v) is 2.17. The highest BCUT2D eigenvalue weighted by atomic mass is 16.2. The van der Waals surface area contributed by atoms with Crippen molar-refractivity contribution in [2.24, 2.45) is 0 Å². The molecule has 0 heterocycles. The topological polar surface area (TPSA) is 20.3 Å². The lowest BCUT2D eigenvalue weighted by atomic mass is 10.0. The zero-order valence-electron chi connectivity index (χ0n) is 9.66. The highest BCUT2D eigenvalue weighted by Crippen LogP contribution is 2.23. The zero-order valence-corrected chi connectivity index (χ0v) is 9.66. The number of benzene rings is 1. The molecule has 1 aromatic rings. The first-order valence-corrected chi connectivity index (χ1v) is 5.20. The molecule has 0 aliphatic rings. The average Bonchev–Trinajstić information content (AvgIpc) is 2.17. The Kier molecular flexibility index (Phi) is 3.51. The summed E-state index contributed by atoms with van der Waals surface area (Å²) in [5.74, 6) is 0.0983. The molecular weight excluding hydrogens is 186 g/mol. The van der Waals surface area contributed by atoms with Crippen molar-refractivity contribution < 1.29 is 4.79 Å². The number of nitrogens with zero attached hydrogens (tertiary/aromatic N) is 1. The fourth-order valence-corrected chi connectivity index (χ4v) is 1.57. The van der Waals surface area contributed by atoms with Gasteiger partial charge in [-0.25, -0.2) is 0 Å². The Morgan fingerprint density at radius 1 is 1.33 bits per heavy atom. The second-order valence-electron chi connectivity index (χ2n) is 4.23. The smallest absolute Gasteiger partial charge is 0.227 e. The maximum absolute atomic E-state index is 11.8. The van der Waals surface area contributed by atoms with E-state index in [0.29, 0.717) is 6.42 Å². The lowest BCUT2D eigenvalue weighted by Gasteiger charge is -2.35. The second kappa shape index (κ2) is 4.47. The molecule has 0 bridgehead atoms. The minimum Gasteiger partial charge on any atom is -0.307 e. The summed E-state index contributed by atoms with van der Waals surface area (Å²) < 4.78 is 0. The van der Waals surface area contributed by atoms with Gasteiger partial charge in [-0.1, -0.05) is 25.1 Å². The molecular formula is C13H18NO. The van der Waals surface area contributed by atoms with Gasteiger partial charge in [0.25, 0.3) is 0 Å². The molecule has 0 aliphatic carbocycles. The molecule has 0 unspecified atom stereocenters. The largest absolute Gasteiger partial charge is 0.307 e. The number of hydrogen-bond donors (Lipinski definition) is 0. The molecule has 0 aliphatic heterocycles. The van der Waals surface area contributed by atoms with E-state index in [9.17, 15) is 4.79 Å². The van der Waals surface area contributed by atoms with E-state index in [1.807, 2.05) is 51.1 Å². The monoisotopic (exact) mass is 204 g/mol. The quantitative estimate of drug-likeness (QED) is 0.741. The van der Waals surface area contributed by atoms with E-state index in [0.717, 1.165) is 5.69 Å². The van der Waals surface area contributed by atoms with Gasteiger partial charge in [-0.15, -0.1) is 0 Å². The standard InChI is InChI=1S/C13H18NO/c1-5-12(15)14(13(2,3)4)11-9-7-6-8-10-11/h6-10H,2,5H2,1,3-4H3. The molecule has 0 fully saturated rings. The zero-order chi connectivity index (χ0) is 11.5. The maximum Gasteiger partial charge on any atom is 0.227 e. The Balaban J connectivity index is 3.08. The van der Waals surface area contributed by atoms with Crippen LogP contribution in [0.1, 0.15) is 27.2 Å². The van der Waals surface area contributed by atoms with Crippen molar-refractivity contribution in [1.82, 2.24) is 0 Å². The van der Waals surface area contributed by atoms with Crippen molar-refractivity contribution in [2.45, 2.75) is 32.7 Å². The van der Waals surface area contributed by atoms with Gasteiger partial charge in [0.1, 0.15) is 0 Å². The Bertz CT molecular complexity index is 324. The minimum absolute atomic E-state index is 0.0983. The molecule has 0 spiro atoms. The van der Waals surface area contributed by atoms with Gasteiger partial charge in [-0.3, -0.25) is 4.79 Å². The average molecular weight is 204 g/mol. The Labute approximate surface area is 91.9 Å². The summed E-state index contributed by atoms with van der Waals surface area (Å²) in [4.78, 5) is 13.6. The summed E-state index contributed by atoms with van der Waals surface area (Å²) in [5.41, 5.74) is 0.485. The molecule has 1 rings (SSSR count). The number of para-hydroxylation sites is 1. The van der Waals surface area contributed by atoms with Gasteiger partial charge >= 0.3 is 0 Å². The second-order valence-corrected chi connectivity index (χ2v) is 4.23. The van der Waals surface area contributed by atoms with Crippen molar-refractivity contribution in [3.8, 4) is 0 Å². The highest BCUT2D eigenvalue weighted by Gasteiger charge is 2.26. The molecule has 1 aromatic carbocycles. The summed E-state index contributed by atoms with van der Waals surface area (Å²) >= 11 is 0. The van der Waals surface area contributed by atoms with E-state index in [2.05, 4.69) is 6.92 Å². The van der Waals surface area contributed by atoms with E-state index in [1.54, 1.807) is 4.90 Å². The third kappa shape index (κ3) is 2.82. The van der Waals surface area contributed by atoms with Gasteiger partial charge in [0.2, 0.25) is 5.91 Å². The van der Waals surface area contributed by atoms with E-state index < -0.39 is 5.54 Å². The lowest BCUT2D eigenvalue weighted by molar-refractivity contribution is -0.119. The fraction of sp³-hybridized carbons (Fsp3) is 0.385. The summed E-state index contributed by atoms with van der Waals surface area (Å²) in [6.45, 7) is 9.76. The van der Waals surface area contributed by atoms with E-state index in [-0.39, 0.29) is 5.91 Å². The van der Waals surface area contributed by atoms with Crippen LogP contribution in [0, 0.1) is 6.92 Å². The normalized spacial score (nSPS) is 11.2. The van der Waals surface area contributed by atoms with Gasteiger partial charge in [-0.05, 0) is 32.9 Å². The summed E-state index contributed by atoms with van der Waals surface area (Å²) in [5, 5.41) is 0. The molecule has 15 heavy (non-hydrogen) atoms. The first-order chi connectivity index (χ1) is 6.96. The number of amides is 1.